The van der Waals surface area contributed by atoms with Crippen LogP contribution in [-0.4, -0.2) is 23.4 Å². The minimum atomic E-state index is -0.474. The van der Waals surface area contributed by atoms with Crippen molar-refractivity contribution in [3.05, 3.63) is 64.9 Å². The highest BCUT2D eigenvalue weighted by molar-refractivity contribution is 7.18. The van der Waals surface area contributed by atoms with Crippen LogP contribution < -0.4 is 10.9 Å². The highest BCUT2D eigenvalue weighted by Gasteiger charge is 2.08. The van der Waals surface area contributed by atoms with Crippen LogP contribution in [0.25, 0.3) is 10.2 Å². The van der Waals surface area contributed by atoms with Crippen LogP contribution in [0.3, 0.4) is 0 Å². The molecule has 134 valence electrons. The molecular formula is C18H16FN3O3S. The third-order valence-corrected chi connectivity index (χ3v) is 4.43. The van der Waals surface area contributed by atoms with Gasteiger partial charge < -0.3 is 4.74 Å². The van der Waals surface area contributed by atoms with Crippen molar-refractivity contribution < 1.29 is 18.7 Å². The van der Waals surface area contributed by atoms with E-state index in [9.17, 15) is 14.0 Å². The van der Waals surface area contributed by atoms with Gasteiger partial charge in [-0.1, -0.05) is 24.3 Å². The minimum Gasteiger partial charge on any atom is -0.364 e. The fourth-order valence-electron chi connectivity index (χ4n) is 2.22. The highest BCUT2D eigenvalue weighted by atomic mass is 32.1. The van der Waals surface area contributed by atoms with E-state index in [2.05, 4.69) is 15.8 Å². The van der Waals surface area contributed by atoms with E-state index in [4.69, 9.17) is 4.74 Å². The first kappa shape index (κ1) is 18.0. The molecule has 1 aromatic heterocycles. The summed E-state index contributed by atoms with van der Waals surface area (Å²) >= 11 is 1.51. The second-order valence-corrected chi connectivity index (χ2v) is 6.58. The topological polar surface area (TPSA) is 80.3 Å². The van der Waals surface area contributed by atoms with Crippen molar-refractivity contribution >= 4 is 33.4 Å². The summed E-state index contributed by atoms with van der Waals surface area (Å²) in [5, 5.41) is 0.777. The number of nitrogens with zero attached hydrogens (tertiary/aromatic N) is 1. The number of para-hydroxylation sites is 1. The predicted octanol–water partition coefficient (Wildman–Crippen LogP) is 2.34. The monoisotopic (exact) mass is 373 g/mol. The summed E-state index contributed by atoms with van der Waals surface area (Å²) < 4.78 is 19.2. The van der Waals surface area contributed by atoms with Crippen LogP contribution in [0.2, 0.25) is 0 Å². The number of carbonyl (C=O) groups excluding carboxylic acids is 2. The molecular weight excluding hydrogens is 357 g/mol. The molecule has 0 spiro atoms. The predicted molar refractivity (Wildman–Crippen MR) is 95.7 cm³/mol. The number of hydrogen-bond acceptors (Lipinski definition) is 5. The molecule has 0 saturated carbocycles. The van der Waals surface area contributed by atoms with Crippen molar-refractivity contribution in [1.29, 1.82) is 0 Å². The number of thiazole rings is 1. The van der Waals surface area contributed by atoms with E-state index >= 15 is 0 Å². The smallest absolute Gasteiger partial charge is 0.264 e. The third kappa shape index (κ3) is 5.08. The maximum absolute atomic E-state index is 12.8. The lowest BCUT2D eigenvalue weighted by atomic mass is 10.1. The first-order valence-corrected chi connectivity index (χ1v) is 8.66. The van der Waals surface area contributed by atoms with Gasteiger partial charge in [-0.05, 0) is 29.8 Å². The number of hydrogen-bond donors (Lipinski definition) is 2. The highest BCUT2D eigenvalue weighted by Crippen LogP contribution is 2.21. The Morgan fingerprint density at radius 3 is 2.54 bits per heavy atom. The van der Waals surface area contributed by atoms with Crippen molar-refractivity contribution in [3.8, 4) is 0 Å². The quantitative estimate of drug-likeness (QED) is 0.650. The van der Waals surface area contributed by atoms with Gasteiger partial charge in [0.2, 0.25) is 5.91 Å². The largest absolute Gasteiger partial charge is 0.364 e. The zero-order valence-corrected chi connectivity index (χ0v) is 14.5. The second kappa shape index (κ2) is 8.50. The standard InChI is InChI=1S/C18H16FN3O3S/c19-13-7-5-12(6-8-13)9-16(23)21-22-17(24)10-25-11-18-20-14-3-1-2-4-15(14)26-18/h1-8H,9-11H2,(H,21,23)(H,22,24). The summed E-state index contributed by atoms with van der Waals surface area (Å²) in [6.07, 6.45) is 0.0348. The zero-order chi connectivity index (χ0) is 18.4. The number of fused-ring (bicyclic) bond motifs is 1. The van der Waals surface area contributed by atoms with Crippen LogP contribution in [0.4, 0.5) is 4.39 Å². The lowest BCUT2D eigenvalue weighted by Crippen LogP contribution is -2.44. The van der Waals surface area contributed by atoms with Crippen LogP contribution in [-0.2, 0) is 27.4 Å². The Labute approximate surface area is 153 Å². The second-order valence-electron chi connectivity index (χ2n) is 5.47. The Morgan fingerprint density at radius 1 is 1.04 bits per heavy atom. The summed E-state index contributed by atoms with van der Waals surface area (Å²) in [6.45, 7) is 0.0169. The van der Waals surface area contributed by atoms with E-state index in [0.29, 0.717) is 5.56 Å². The zero-order valence-electron chi connectivity index (χ0n) is 13.7. The molecule has 0 fully saturated rings. The lowest BCUT2D eigenvalue weighted by molar-refractivity contribution is -0.131. The van der Waals surface area contributed by atoms with Crippen LogP contribution in [0.1, 0.15) is 10.6 Å². The van der Waals surface area contributed by atoms with Gasteiger partial charge in [0.25, 0.3) is 5.91 Å². The van der Waals surface area contributed by atoms with E-state index in [-0.39, 0.29) is 25.5 Å². The van der Waals surface area contributed by atoms with E-state index in [1.807, 2.05) is 24.3 Å². The average Bonchev–Trinajstić information content (AvgIpc) is 3.05. The Hall–Kier alpha value is -2.84. The average molecular weight is 373 g/mol. The maximum Gasteiger partial charge on any atom is 0.264 e. The SMILES string of the molecule is O=C(COCc1nc2ccccc2s1)NNC(=O)Cc1ccc(F)cc1. The molecule has 0 aliphatic carbocycles. The first-order valence-electron chi connectivity index (χ1n) is 7.84. The Morgan fingerprint density at radius 2 is 1.77 bits per heavy atom. The van der Waals surface area contributed by atoms with Gasteiger partial charge in [-0.25, -0.2) is 9.37 Å². The lowest BCUT2D eigenvalue weighted by Gasteiger charge is -2.07. The van der Waals surface area contributed by atoms with Crippen LogP contribution in [0, 0.1) is 5.82 Å². The van der Waals surface area contributed by atoms with Crippen LogP contribution in [0.5, 0.6) is 0 Å². The van der Waals surface area contributed by atoms with Crippen molar-refractivity contribution in [2.24, 2.45) is 0 Å². The Balaban J connectivity index is 1.37. The molecule has 0 aliphatic heterocycles. The van der Waals surface area contributed by atoms with Crippen molar-refractivity contribution in [2.45, 2.75) is 13.0 Å². The number of nitrogens with one attached hydrogen (secondary N) is 2. The maximum atomic E-state index is 12.8. The molecule has 0 radical (unpaired) electrons. The van der Waals surface area contributed by atoms with Gasteiger partial charge in [0.15, 0.2) is 0 Å². The summed E-state index contributed by atoms with van der Waals surface area (Å²) in [6, 6.07) is 13.3. The summed E-state index contributed by atoms with van der Waals surface area (Å²) in [7, 11) is 0. The van der Waals surface area contributed by atoms with E-state index in [1.165, 1.54) is 35.6 Å². The van der Waals surface area contributed by atoms with E-state index in [1.54, 1.807) is 0 Å². The number of amides is 2. The molecule has 0 atom stereocenters. The molecule has 0 aliphatic rings. The number of halogens is 1. The molecule has 1 heterocycles. The van der Waals surface area contributed by atoms with Gasteiger partial charge in [0.05, 0.1) is 23.2 Å². The van der Waals surface area contributed by atoms with Gasteiger partial charge in [0, 0.05) is 0 Å². The molecule has 2 aromatic carbocycles. The summed E-state index contributed by atoms with van der Waals surface area (Å²) in [5.74, 6) is -1.25. The van der Waals surface area contributed by atoms with Crippen LogP contribution in [0.15, 0.2) is 48.5 Å². The number of ether oxygens (including phenoxy) is 1. The summed E-state index contributed by atoms with van der Waals surface area (Å²) in [4.78, 5) is 27.8. The first-order chi connectivity index (χ1) is 12.6. The van der Waals surface area contributed by atoms with Crippen LogP contribution >= 0.6 is 11.3 Å². The fourth-order valence-corrected chi connectivity index (χ4v) is 3.13. The number of rotatable bonds is 6. The van der Waals surface area contributed by atoms with Crippen molar-refractivity contribution in [1.82, 2.24) is 15.8 Å². The van der Waals surface area contributed by atoms with E-state index < -0.39 is 11.8 Å². The third-order valence-electron chi connectivity index (χ3n) is 3.42. The van der Waals surface area contributed by atoms with Gasteiger partial charge in [0.1, 0.15) is 17.4 Å². The number of benzene rings is 2. The molecule has 0 saturated heterocycles. The van der Waals surface area contributed by atoms with Crippen molar-refractivity contribution in [3.63, 3.8) is 0 Å². The van der Waals surface area contributed by atoms with Gasteiger partial charge in [-0.2, -0.15) is 0 Å². The Bertz CT molecular complexity index is 878. The molecule has 3 aromatic rings. The van der Waals surface area contributed by atoms with Gasteiger partial charge in [-0.15, -0.1) is 11.3 Å². The van der Waals surface area contributed by atoms with Gasteiger partial charge >= 0.3 is 0 Å². The summed E-state index contributed by atoms with van der Waals surface area (Å²) in [5.41, 5.74) is 6.10. The number of aromatic nitrogens is 1. The normalized spacial score (nSPS) is 10.7. The molecule has 6 nitrogen and oxygen atoms in total. The molecule has 26 heavy (non-hydrogen) atoms. The minimum absolute atomic E-state index is 0.0348. The molecule has 0 unspecified atom stereocenters. The fraction of sp³-hybridized carbons (Fsp3) is 0.167. The molecule has 2 amide bonds. The van der Waals surface area contributed by atoms with E-state index in [0.717, 1.165) is 15.2 Å². The Kier molecular flexibility index (Phi) is 5.88. The molecule has 0 bridgehead atoms. The number of hydrazine groups is 1. The van der Waals surface area contributed by atoms with Gasteiger partial charge in [-0.3, -0.25) is 20.4 Å². The van der Waals surface area contributed by atoms with Crippen molar-refractivity contribution in [2.75, 3.05) is 6.61 Å². The molecule has 3 rings (SSSR count). The molecule has 2 N–H and O–H groups in total. The number of carbonyl (C=O) groups is 2. The molecule has 8 heteroatoms.